The maximum atomic E-state index is 11.4. The SMILES string of the molecule is CC(C)CN=C(NN)N1CCCNC(=O)C1. The van der Waals surface area contributed by atoms with Crippen molar-refractivity contribution in [2.24, 2.45) is 16.8 Å². The molecule has 1 aliphatic rings. The van der Waals surface area contributed by atoms with Gasteiger partial charge in [-0.25, -0.2) is 5.84 Å². The Balaban J connectivity index is 2.62. The van der Waals surface area contributed by atoms with Crippen LogP contribution in [0.15, 0.2) is 4.99 Å². The highest BCUT2D eigenvalue weighted by atomic mass is 16.2. The van der Waals surface area contributed by atoms with Gasteiger partial charge in [-0.3, -0.25) is 15.2 Å². The van der Waals surface area contributed by atoms with Crippen LogP contribution < -0.4 is 16.6 Å². The Kier molecular flexibility index (Phi) is 5.04. The molecule has 0 aliphatic carbocycles. The average molecular weight is 227 g/mol. The third-order valence-electron chi connectivity index (χ3n) is 2.30. The summed E-state index contributed by atoms with van der Waals surface area (Å²) in [6.45, 7) is 6.72. The summed E-state index contributed by atoms with van der Waals surface area (Å²) < 4.78 is 0. The molecule has 1 saturated heterocycles. The van der Waals surface area contributed by atoms with Gasteiger partial charge in [-0.2, -0.15) is 0 Å². The lowest BCUT2D eigenvalue weighted by Gasteiger charge is -2.22. The van der Waals surface area contributed by atoms with Crippen LogP contribution in [0.1, 0.15) is 20.3 Å². The molecule has 0 atom stereocenters. The summed E-state index contributed by atoms with van der Waals surface area (Å²) in [6.07, 6.45) is 0.911. The van der Waals surface area contributed by atoms with Crippen molar-refractivity contribution in [2.75, 3.05) is 26.2 Å². The predicted molar refractivity (Wildman–Crippen MR) is 63.7 cm³/mol. The van der Waals surface area contributed by atoms with Gasteiger partial charge in [-0.1, -0.05) is 13.8 Å². The van der Waals surface area contributed by atoms with Gasteiger partial charge in [-0.05, 0) is 12.3 Å². The summed E-state index contributed by atoms with van der Waals surface area (Å²) in [7, 11) is 0. The van der Waals surface area contributed by atoms with E-state index in [1.165, 1.54) is 0 Å². The van der Waals surface area contributed by atoms with Crippen molar-refractivity contribution in [3.63, 3.8) is 0 Å². The number of aliphatic imine (C=N–C) groups is 1. The minimum absolute atomic E-state index is 0.0185. The monoisotopic (exact) mass is 227 g/mol. The van der Waals surface area contributed by atoms with Gasteiger partial charge in [0.25, 0.3) is 0 Å². The van der Waals surface area contributed by atoms with E-state index in [0.717, 1.165) is 19.5 Å². The molecule has 1 fully saturated rings. The Labute approximate surface area is 96.2 Å². The zero-order valence-electron chi connectivity index (χ0n) is 9.99. The summed E-state index contributed by atoms with van der Waals surface area (Å²) in [5.41, 5.74) is 2.57. The maximum Gasteiger partial charge on any atom is 0.239 e. The molecule has 0 bridgehead atoms. The molecule has 0 spiro atoms. The molecule has 0 aromatic heterocycles. The predicted octanol–water partition coefficient (Wildman–Crippen LogP) is -0.716. The molecule has 6 heteroatoms. The summed E-state index contributed by atoms with van der Waals surface area (Å²) >= 11 is 0. The third kappa shape index (κ3) is 4.06. The van der Waals surface area contributed by atoms with E-state index in [9.17, 15) is 4.79 Å². The molecule has 0 radical (unpaired) electrons. The highest BCUT2D eigenvalue weighted by molar-refractivity contribution is 5.86. The molecule has 0 aromatic rings. The molecule has 4 N–H and O–H groups in total. The Bertz CT molecular complexity index is 264. The van der Waals surface area contributed by atoms with Crippen LogP contribution in [0.2, 0.25) is 0 Å². The first-order valence-electron chi connectivity index (χ1n) is 5.66. The summed E-state index contributed by atoms with van der Waals surface area (Å²) in [4.78, 5) is 17.6. The van der Waals surface area contributed by atoms with E-state index in [1.807, 2.05) is 4.90 Å². The van der Waals surface area contributed by atoms with Crippen molar-refractivity contribution in [1.29, 1.82) is 0 Å². The van der Waals surface area contributed by atoms with Crippen LogP contribution in [0.5, 0.6) is 0 Å². The summed E-state index contributed by atoms with van der Waals surface area (Å²) in [5, 5.41) is 2.81. The molecule has 0 unspecified atom stereocenters. The molecule has 1 rings (SSSR count). The van der Waals surface area contributed by atoms with Gasteiger partial charge in [-0.15, -0.1) is 0 Å². The standard InChI is InChI=1S/C10H21N5O/c1-8(2)6-13-10(14-11)15-5-3-4-12-9(16)7-15/h8H,3-7,11H2,1-2H3,(H,12,16)(H,13,14). The second-order valence-electron chi connectivity index (χ2n) is 4.33. The Hall–Kier alpha value is -1.30. The third-order valence-corrected chi connectivity index (χ3v) is 2.30. The van der Waals surface area contributed by atoms with Gasteiger partial charge in [0.05, 0.1) is 6.54 Å². The topological polar surface area (TPSA) is 82.8 Å². The fraction of sp³-hybridized carbons (Fsp3) is 0.800. The second-order valence-corrected chi connectivity index (χ2v) is 4.33. The van der Waals surface area contributed by atoms with Crippen molar-refractivity contribution >= 4 is 11.9 Å². The molecular formula is C10H21N5O. The number of rotatable bonds is 2. The van der Waals surface area contributed by atoms with E-state index in [4.69, 9.17) is 5.84 Å². The molecule has 0 aromatic carbocycles. The second kappa shape index (κ2) is 6.32. The van der Waals surface area contributed by atoms with E-state index in [2.05, 4.69) is 29.6 Å². The summed E-state index contributed by atoms with van der Waals surface area (Å²) in [5.74, 6) is 6.53. The van der Waals surface area contributed by atoms with E-state index >= 15 is 0 Å². The molecule has 16 heavy (non-hydrogen) atoms. The Morgan fingerprint density at radius 2 is 2.44 bits per heavy atom. The fourth-order valence-corrected chi connectivity index (χ4v) is 1.49. The zero-order chi connectivity index (χ0) is 12.0. The van der Waals surface area contributed by atoms with Crippen molar-refractivity contribution in [3.05, 3.63) is 0 Å². The molecule has 1 amide bonds. The number of carbonyl (C=O) groups excluding carboxylic acids is 1. The minimum atomic E-state index is 0.0185. The lowest BCUT2D eigenvalue weighted by molar-refractivity contribution is -0.120. The number of hydrazine groups is 1. The molecule has 1 aliphatic heterocycles. The van der Waals surface area contributed by atoms with Crippen LogP contribution in [0.25, 0.3) is 0 Å². The first-order chi connectivity index (χ1) is 7.63. The smallest absolute Gasteiger partial charge is 0.239 e. The van der Waals surface area contributed by atoms with Crippen LogP contribution in [-0.2, 0) is 4.79 Å². The number of guanidine groups is 1. The van der Waals surface area contributed by atoms with Crippen LogP contribution in [0.4, 0.5) is 0 Å². The van der Waals surface area contributed by atoms with E-state index in [-0.39, 0.29) is 5.91 Å². The molecule has 0 saturated carbocycles. The number of carbonyl (C=O) groups is 1. The fourth-order valence-electron chi connectivity index (χ4n) is 1.49. The zero-order valence-corrected chi connectivity index (χ0v) is 9.99. The first kappa shape index (κ1) is 12.8. The maximum absolute atomic E-state index is 11.4. The Morgan fingerprint density at radius 1 is 1.69 bits per heavy atom. The van der Waals surface area contributed by atoms with E-state index in [0.29, 0.717) is 25.0 Å². The van der Waals surface area contributed by atoms with Crippen LogP contribution in [0, 0.1) is 5.92 Å². The van der Waals surface area contributed by atoms with Gasteiger partial charge >= 0.3 is 0 Å². The number of nitrogens with one attached hydrogen (secondary N) is 2. The average Bonchev–Trinajstić information content (AvgIpc) is 2.44. The van der Waals surface area contributed by atoms with Crippen molar-refractivity contribution in [3.8, 4) is 0 Å². The van der Waals surface area contributed by atoms with Gasteiger partial charge in [0.1, 0.15) is 0 Å². The number of nitrogens with two attached hydrogens (primary N) is 1. The van der Waals surface area contributed by atoms with Crippen molar-refractivity contribution in [2.45, 2.75) is 20.3 Å². The number of hydrogen-bond acceptors (Lipinski definition) is 3. The normalized spacial score (nSPS) is 18.4. The van der Waals surface area contributed by atoms with Gasteiger partial charge in [0, 0.05) is 19.6 Å². The largest absolute Gasteiger partial charge is 0.354 e. The van der Waals surface area contributed by atoms with E-state index < -0.39 is 0 Å². The van der Waals surface area contributed by atoms with Crippen molar-refractivity contribution in [1.82, 2.24) is 15.6 Å². The van der Waals surface area contributed by atoms with Crippen LogP contribution in [0.3, 0.4) is 0 Å². The van der Waals surface area contributed by atoms with Crippen LogP contribution >= 0.6 is 0 Å². The van der Waals surface area contributed by atoms with Gasteiger partial charge in [0.2, 0.25) is 11.9 Å². The lowest BCUT2D eigenvalue weighted by atomic mass is 10.2. The van der Waals surface area contributed by atoms with E-state index in [1.54, 1.807) is 0 Å². The molecule has 92 valence electrons. The van der Waals surface area contributed by atoms with Crippen molar-refractivity contribution < 1.29 is 4.79 Å². The molecule has 1 heterocycles. The number of amides is 1. The van der Waals surface area contributed by atoms with Crippen LogP contribution in [-0.4, -0.2) is 42.9 Å². The minimum Gasteiger partial charge on any atom is -0.354 e. The molecule has 6 nitrogen and oxygen atoms in total. The highest BCUT2D eigenvalue weighted by Gasteiger charge is 2.17. The quantitative estimate of drug-likeness (QED) is 0.252. The number of nitrogens with zero attached hydrogens (tertiary/aromatic N) is 2. The Morgan fingerprint density at radius 3 is 3.06 bits per heavy atom. The lowest BCUT2D eigenvalue weighted by Crippen LogP contribution is -2.47. The molecular weight excluding hydrogens is 206 g/mol. The van der Waals surface area contributed by atoms with Gasteiger partial charge < -0.3 is 10.2 Å². The summed E-state index contributed by atoms with van der Waals surface area (Å²) in [6, 6.07) is 0. The first-order valence-corrected chi connectivity index (χ1v) is 5.66. The highest BCUT2D eigenvalue weighted by Crippen LogP contribution is 1.99. The number of hydrogen-bond donors (Lipinski definition) is 3. The van der Waals surface area contributed by atoms with Gasteiger partial charge in [0.15, 0.2) is 0 Å².